The normalized spacial score (nSPS) is 16.4. The van der Waals surface area contributed by atoms with Gasteiger partial charge in [-0.3, -0.25) is 4.79 Å². The van der Waals surface area contributed by atoms with Crippen molar-refractivity contribution >= 4 is 33.9 Å². The van der Waals surface area contributed by atoms with Crippen LogP contribution in [0, 0.1) is 11.6 Å². The van der Waals surface area contributed by atoms with Gasteiger partial charge < -0.3 is 24.4 Å². The fourth-order valence-corrected chi connectivity index (χ4v) is 4.93. The molecule has 1 N–H and O–H groups in total. The molecule has 2 amide bonds. The first kappa shape index (κ1) is 38.1. The third kappa shape index (κ3) is 14.3. The van der Waals surface area contributed by atoms with Crippen LogP contribution in [0.1, 0.15) is 78.4 Å². The van der Waals surface area contributed by atoms with E-state index in [0.29, 0.717) is 68.3 Å². The van der Waals surface area contributed by atoms with Crippen molar-refractivity contribution in [1.82, 2.24) is 9.80 Å². The lowest BCUT2D eigenvalue weighted by molar-refractivity contribution is -0.121. The zero-order valence-electron chi connectivity index (χ0n) is 27.2. The van der Waals surface area contributed by atoms with Gasteiger partial charge in [-0.2, -0.15) is 0 Å². The molecule has 2 aromatic rings. The summed E-state index contributed by atoms with van der Waals surface area (Å²) in [7, 11) is 0. The molecule has 11 heteroatoms. The molecule has 0 spiro atoms. The molecule has 0 aliphatic carbocycles. The van der Waals surface area contributed by atoms with E-state index in [-0.39, 0.29) is 36.0 Å². The summed E-state index contributed by atoms with van der Waals surface area (Å²) in [6.45, 7) is 12.8. The van der Waals surface area contributed by atoms with E-state index in [2.05, 4.69) is 15.9 Å². The van der Waals surface area contributed by atoms with E-state index in [0.717, 1.165) is 0 Å². The third-order valence-corrected chi connectivity index (χ3v) is 7.50. The minimum atomic E-state index is -0.972. The molecular formula is C34H47BrF2N2O6. The highest BCUT2D eigenvalue weighted by atomic mass is 79.9. The molecule has 8 nitrogen and oxygen atoms in total. The summed E-state index contributed by atoms with van der Waals surface area (Å²) in [4.78, 5) is 37.6. The number of halogens is 3. The second-order valence-corrected chi connectivity index (χ2v) is 13.8. The van der Waals surface area contributed by atoms with Crippen molar-refractivity contribution in [3.05, 3.63) is 71.3 Å². The Labute approximate surface area is 274 Å². The van der Waals surface area contributed by atoms with Crippen molar-refractivity contribution < 1.29 is 37.7 Å². The van der Waals surface area contributed by atoms with Gasteiger partial charge in [-0.05, 0) is 77.6 Å². The standard InChI is InChI=1S/C17H24FNO3.C10H17NO3.C7H6BrF/c1-16(2,3)22-15(20)19-10-8-17(21,9-11-19)12-13-6-4-5-7-14(13)18;1-10(2,3)14-9(13)11-6-4-8(12)5-7-11;8-5-6-3-1-2-4-7(6)9/h4-7,21H,8-12H2,1-3H3;4-7H2,1-3H3;1-4H,5H2. The smallest absolute Gasteiger partial charge is 0.410 e. The molecule has 250 valence electrons. The summed E-state index contributed by atoms with van der Waals surface area (Å²) >= 11 is 3.17. The monoisotopic (exact) mass is 696 g/mol. The Balaban J connectivity index is 0.000000261. The number of Topliss-reactive ketones (excluding diaryl/α,β-unsaturated/α-hetero) is 1. The fraction of sp³-hybridized carbons (Fsp3) is 0.559. The number of carbonyl (C=O) groups excluding carboxylic acids is 3. The van der Waals surface area contributed by atoms with Crippen LogP contribution in [0.4, 0.5) is 18.4 Å². The van der Waals surface area contributed by atoms with Crippen LogP contribution in [-0.2, 0) is 26.0 Å². The Morgan fingerprint density at radius 3 is 1.56 bits per heavy atom. The second-order valence-electron chi connectivity index (χ2n) is 13.2. The molecule has 0 bridgehead atoms. The molecule has 0 saturated carbocycles. The van der Waals surface area contributed by atoms with Crippen LogP contribution in [0.5, 0.6) is 0 Å². The van der Waals surface area contributed by atoms with Crippen LogP contribution in [0.25, 0.3) is 0 Å². The van der Waals surface area contributed by atoms with Crippen molar-refractivity contribution in [2.24, 2.45) is 0 Å². The number of amides is 2. The van der Waals surface area contributed by atoms with Crippen LogP contribution in [0.15, 0.2) is 48.5 Å². The number of likely N-dealkylation sites (tertiary alicyclic amines) is 2. The van der Waals surface area contributed by atoms with Crippen molar-refractivity contribution in [2.75, 3.05) is 26.2 Å². The maximum absolute atomic E-state index is 13.7. The van der Waals surface area contributed by atoms with Gasteiger partial charge in [0.1, 0.15) is 28.6 Å². The number of piperidine rings is 2. The molecular weight excluding hydrogens is 650 g/mol. The van der Waals surface area contributed by atoms with E-state index < -0.39 is 16.8 Å². The van der Waals surface area contributed by atoms with Crippen molar-refractivity contribution in [3.8, 4) is 0 Å². The molecule has 2 aliphatic rings. The van der Waals surface area contributed by atoms with E-state index >= 15 is 0 Å². The lowest BCUT2D eigenvalue weighted by atomic mass is 9.85. The van der Waals surface area contributed by atoms with E-state index in [1.807, 2.05) is 47.6 Å². The van der Waals surface area contributed by atoms with Crippen LogP contribution >= 0.6 is 15.9 Å². The lowest BCUT2D eigenvalue weighted by Gasteiger charge is -2.38. The van der Waals surface area contributed by atoms with Gasteiger partial charge in [0.15, 0.2) is 0 Å². The number of nitrogens with zero attached hydrogens (tertiary/aromatic N) is 2. The molecule has 45 heavy (non-hydrogen) atoms. The van der Waals surface area contributed by atoms with E-state index in [1.165, 1.54) is 12.1 Å². The van der Waals surface area contributed by atoms with Gasteiger partial charge in [-0.15, -0.1) is 0 Å². The zero-order valence-corrected chi connectivity index (χ0v) is 28.8. The summed E-state index contributed by atoms with van der Waals surface area (Å²) in [5, 5.41) is 11.2. The van der Waals surface area contributed by atoms with Gasteiger partial charge in [-0.1, -0.05) is 52.3 Å². The largest absolute Gasteiger partial charge is 0.444 e. The molecule has 0 radical (unpaired) electrons. The quantitative estimate of drug-likeness (QED) is 0.335. The van der Waals surface area contributed by atoms with Crippen LogP contribution in [-0.4, -0.2) is 75.9 Å². The molecule has 0 aromatic heterocycles. The van der Waals surface area contributed by atoms with Crippen LogP contribution in [0.2, 0.25) is 0 Å². The Hall–Kier alpha value is -3.05. The number of ether oxygens (including phenoxy) is 2. The molecule has 2 aromatic carbocycles. The van der Waals surface area contributed by atoms with Crippen LogP contribution in [0.3, 0.4) is 0 Å². The van der Waals surface area contributed by atoms with E-state index in [1.54, 1.807) is 40.1 Å². The van der Waals surface area contributed by atoms with Gasteiger partial charge in [0.2, 0.25) is 0 Å². The molecule has 2 heterocycles. The fourth-order valence-electron chi connectivity index (χ4n) is 4.48. The summed E-state index contributed by atoms with van der Waals surface area (Å²) in [5.41, 5.74) is -0.745. The first-order valence-corrected chi connectivity index (χ1v) is 16.3. The highest BCUT2D eigenvalue weighted by Crippen LogP contribution is 2.28. The first-order chi connectivity index (χ1) is 20.9. The summed E-state index contributed by atoms with van der Waals surface area (Å²) in [5.74, 6) is -0.218. The van der Waals surface area contributed by atoms with Gasteiger partial charge in [0.25, 0.3) is 0 Å². The molecule has 2 fully saturated rings. The number of benzene rings is 2. The highest BCUT2D eigenvalue weighted by molar-refractivity contribution is 9.08. The minimum Gasteiger partial charge on any atom is -0.444 e. The minimum absolute atomic E-state index is 0.144. The second kappa shape index (κ2) is 17.0. The van der Waals surface area contributed by atoms with Gasteiger partial charge >= 0.3 is 12.2 Å². The third-order valence-electron chi connectivity index (χ3n) is 6.90. The maximum atomic E-state index is 13.7. The van der Waals surface area contributed by atoms with Crippen molar-refractivity contribution in [3.63, 3.8) is 0 Å². The van der Waals surface area contributed by atoms with Crippen molar-refractivity contribution in [1.29, 1.82) is 0 Å². The van der Waals surface area contributed by atoms with E-state index in [9.17, 15) is 28.3 Å². The number of carbonyl (C=O) groups is 3. The highest BCUT2D eigenvalue weighted by Gasteiger charge is 2.36. The van der Waals surface area contributed by atoms with Crippen LogP contribution < -0.4 is 0 Å². The molecule has 4 rings (SSSR count). The number of hydrogen-bond acceptors (Lipinski definition) is 6. The van der Waals surface area contributed by atoms with E-state index in [4.69, 9.17) is 9.47 Å². The molecule has 2 saturated heterocycles. The number of aliphatic hydroxyl groups is 1. The molecule has 0 atom stereocenters. The number of rotatable bonds is 3. The van der Waals surface area contributed by atoms with Crippen molar-refractivity contribution in [2.45, 2.75) is 95.8 Å². The summed E-state index contributed by atoms with van der Waals surface area (Å²) in [6.07, 6.45) is 1.34. The number of ketones is 1. The average Bonchev–Trinajstić information content (AvgIpc) is 2.94. The van der Waals surface area contributed by atoms with Gasteiger partial charge in [0, 0.05) is 50.8 Å². The lowest BCUT2D eigenvalue weighted by Crippen LogP contribution is -2.49. The summed E-state index contributed by atoms with van der Waals surface area (Å²) in [6, 6.07) is 13.2. The number of hydrogen-bond donors (Lipinski definition) is 1. The average molecular weight is 698 g/mol. The van der Waals surface area contributed by atoms with Gasteiger partial charge in [-0.25, -0.2) is 18.4 Å². The Morgan fingerprint density at radius 1 is 0.778 bits per heavy atom. The predicted octanol–water partition coefficient (Wildman–Crippen LogP) is 7.44. The Kier molecular flexibility index (Phi) is 14.4. The molecule has 2 aliphatic heterocycles. The Bertz CT molecular complexity index is 1260. The topological polar surface area (TPSA) is 96.4 Å². The first-order valence-electron chi connectivity index (χ1n) is 15.1. The summed E-state index contributed by atoms with van der Waals surface area (Å²) < 4.78 is 36.8. The zero-order chi connectivity index (χ0) is 33.8. The molecule has 0 unspecified atom stereocenters. The SMILES string of the molecule is CC(C)(C)OC(=O)N1CCC(=O)CC1.CC(C)(C)OC(=O)N1CCC(O)(Cc2ccccc2F)CC1.Fc1ccccc1CBr. The maximum Gasteiger partial charge on any atom is 0.410 e. The predicted molar refractivity (Wildman–Crippen MR) is 173 cm³/mol. The van der Waals surface area contributed by atoms with Gasteiger partial charge in [0.05, 0.1) is 5.60 Å². The Morgan fingerprint density at radius 2 is 1.18 bits per heavy atom. The number of alkyl halides is 1.